The summed E-state index contributed by atoms with van der Waals surface area (Å²) in [7, 11) is 0. The normalized spacial score (nSPS) is 13.9. The van der Waals surface area contributed by atoms with Crippen molar-refractivity contribution in [3.8, 4) is 11.4 Å². The molecule has 0 fully saturated rings. The predicted molar refractivity (Wildman–Crippen MR) is 69.8 cm³/mol. The summed E-state index contributed by atoms with van der Waals surface area (Å²) < 4.78 is 5.01. The van der Waals surface area contributed by atoms with Crippen LogP contribution in [-0.2, 0) is 6.42 Å². The summed E-state index contributed by atoms with van der Waals surface area (Å²) in [5.74, 6) is 0.457. The maximum absolute atomic E-state index is 10.7. The molecule has 0 aliphatic carbocycles. The number of nitrogens with two attached hydrogens (primary N) is 1. The van der Waals surface area contributed by atoms with Gasteiger partial charge in [0.2, 0.25) is 11.7 Å². The van der Waals surface area contributed by atoms with Crippen molar-refractivity contribution in [2.75, 3.05) is 6.54 Å². The fraction of sp³-hybridized carbons (Fsp3) is 0.333. The van der Waals surface area contributed by atoms with Crippen molar-refractivity contribution >= 4 is 5.69 Å². The largest absolute Gasteiger partial charge is 0.388 e. The Balaban J connectivity index is 2.25. The average Bonchev–Trinajstić information content (AvgIpc) is 2.86. The van der Waals surface area contributed by atoms with Crippen LogP contribution in [0.25, 0.3) is 11.4 Å². The van der Waals surface area contributed by atoms with Crippen LogP contribution in [0.1, 0.15) is 12.8 Å². The fourth-order valence-corrected chi connectivity index (χ4v) is 1.60. The van der Waals surface area contributed by atoms with Gasteiger partial charge in [0.25, 0.3) is 5.69 Å². The summed E-state index contributed by atoms with van der Waals surface area (Å²) >= 11 is 0. The second kappa shape index (κ2) is 5.35. The number of rotatable bonds is 5. The maximum atomic E-state index is 10.7. The van der Waals surface area contributed by atoms with E-state index in [2.05, 4.69) is 10.1 Å². The van der Waals surface area contributed by atoms with Crippen molar-refractivity contribution in [1.82, 2.24) is 10.1 Å². The van der Waals surface area contributed by atoms with E-state index in [1.807, 2.05) is 0 Å². The number of benzene rings is 1. The highest BCUT2D eigenvalue weighted by Gasteiger charge is 2.23. The van der Waals surface area contributed by atoms with Gasteiger partial charge in [-0.1, -0.05) is 17.3 Å². The van der Waals surface area contributed by atoms with Gasteiger partial charge >= 0.3 is 0 Å². The zero-order valence-electron chi connectivity index (χ0n) is 10.8. The molecule has 2 aromatic rings. The lowest BCUT2D eigenvalue weighted by atomic mass is 10.0. The SMILES string of the molecule is CC(O)(CN)Cc1nc(-c2cccc([N+](=O)[O-])c2)no1. The zero-order valence-corrected chi connectivity index (χ0v) is 10.8. The smallest absolute Gasteiger partial charge is 0.270 e. The Bertz CT molecular complexity index is 623. The zero-order chi connectivity index (χ0) is 14.8. The molecule has 0 saturated heterocycles. The summed E-state index contributed by atoms with van der Waals surface area (Å²) in [6, 6.07) is 5.92. The monoisotopic (exact) mass is 278 g/mol. The summed E-state index contributed by atoms with van der Waals surface area (Å²) in [5, 5.41) is 24.3. The van der Waals surface area contributed by atoms with E-state index in [1.165, 1.54) is 12.1 Å². The van der Waals surface area contributed by atoms with Crippen LogP contribution in [0.2, 0.25) is 0 Å². The Morgan fingerprint density at radius 1 is 1.55 bits per heavy atom. The van der Waals surface area contributed by atoms with E-state index < -0.39 is 10.5 Å². The van der Waals surface area contributed by atoms with Crippen molar-refractivity contribution in [2.45, 2.75) is 18.9 Å². The minimum Gasteiger partial charge on any atom is -0.388 e. The van der Waals surface area contributed by atoms with Crippen LogP contribution in [0.4, 0.5) is 5.69 Å². The van der Waals surface area contributed by atoms with Gasteiger partial charge in [0.15, 0.2) is 0 Å². The molecule has 0 aliphatic heterocycles. The summed E-state index contributed by atoms with van der Waals surface area (Å²) in [4.78, 5) is 14.3. The number of non-ortho nitro benzene ring substituents is 1. The number of hydrogen-bond acceptors (Lipinski definition) is 7. The third-order valence-electron chi connectivity index (χ3n) is 2.76. The van der Waals surface area contributed by atoms with E-state index in [4.69, 9.17) is 10.3 Å². The first-order valence-electron chi connectivity index (χ1n) is 5.91. The molecule has 106 valence electrons. The van der Waals surface area contributed by atoms with E-state index >= 15 is 0 Å². The lowest BCUT2D eigenvalue weighted by Gasteiger charge is -2.17. The van der Waals surface area contributed by atoms with Gasteiger partial charge < -0.3 is 15.4 Å². The fourth-order valence-electron chi connectivity index (χ4n) is 1.60. The van der Waals surface area contributed by atoms with Crippen molar-refractivity contribution in [3.05, 3.63) is 40.3 Å². The van der Waals surface area contributed by atoms with E-state index in [-0.39, 0.29) is 30.4 Å². The first-order chi connectivity index (χ1) is 9.41. The Labute approximate surface area is 114 Å². The number of aliphatic hydroxyl groups is 1. The molecular formula is C12H14N4O4. The minimum absolute atomic E-state index is 0.0530. The van der Waals surface area contributed by atoms with Gasteiger partial charge in [-0.15, -0.1) is 0 Å². The van der Waals surface area contributed by atoms with Crippen LogP contribution >= 0.6 is 0 Å². The molecule has 1 heterocycles. The number of hydrogen-bond donors (Lipinski definition) is 2. The van der Waals surface area contributed by atoms with Crippen LogP contribution in [0, 0.1) is 10.1 Å². The lowest BCUT2D eigenvalue weighted by Crippen LogP contribution is -2.36. The third-order valence-corrected chi connectivity index (χ3v) is 2.76. The molecule has 0 bridgehead atoms. The number of nitro groups is 1. The molecule has 1 aromatic heterocycles. The van der Waals surface area contributed by atoms with E-state index in [9.17, 15) is 15.2 Å². The Hall–Kier alpha value is -2.32. The van der Waals surface area contributed by atoms with Gasteiger partial charge in [0.05, 0.1) is 16.9 Å². The highest BCUT2D eigenvalue weighted by atomic mass is 16.6. The van der Waals surface area contributed by atoms with E-state index in [1.54, 1.807) is 19.1 Å². The number of nitrogens with zero attached hydrogens (tertiary/aromatic N) is 3. The summed E-state index contributed by atoms with van der Waals surface area (Å²) in [6.07, 6.45) is 0.116. The molecule has 8 nitrogen and oxygen atoms in total. The molecule has 3 N–H and O–H groups in total. The second-order valence-corrected chi connectivity index (χ2v) is 4.70. The Morgan fingerprint density at radius 3 is 2.95 bits per heavy atom. The van der Waals surface area contributed by atoms with Crippen molar-refractivity contribution < 1.29 is 14.6 Å². The molecule has 2 rings (SSSR count). The molecule has 8 heteroatoms. The maximum Gasteiger partial charge on any atom is 0.270 e. The van der Waals surface area contributed by atoms with Crippen LogP contribution in [0.3, 0.4) is 0 Å². The van der Waals surface area contributed by atoms with Gasteiger partial charge in [-0.05, 0) is 6.92 Å². The lowest BCUT2D eigenvalue weighted by molar-refractivity contribution is -0.384. The molecule has 1 aromatic carbocycles. The van der Waals surface area contributed by atoms with Gasteiger partial charge in [-0.3, -0.25) is 10.1 Å². The number of nitro benzene ring substituents is 1. The molecule has 0 saturated carbocycles. The van der Waals surface area contributed by atoms with Crippen molar-refractivity contribution in [3.63, 3.8) is 0 Å². The molecule has 0 spiro atoms. The van der Waals surface area contributed by atoms with Gasteiger partial charge in [0.1, 0.15) is 0 Å². The molecule has 0 radical (unpaired) electrons. The van der Waals surface area contributed by atoms with Gasteiger partial charge in [-0.2, -0.15) is 4.98 Å². The first-order valence-corrected chi connectivity index (χ1v) is 5.91. The number of aromatic nitrogens is 2. The molecule has 1 unspecified atom stereocenters. The minimum atomic E-state index is -1.13. The van der Waals surface area contributed by atoms with Crippen LogP contribution in [0.5, 0.6) is 0 Å². The van der Waals surface area contributed by atoms with Crippen molar-refractivity contribution in [1.29, 1.82) is 0 Å². The molecule has 20 heavy (non-hydrogen) atoms. The molecule has 0 aliphatic rings. The highest BCUT2D eigenvalue weighted by molar-refractivity contribution is 5.58. The molecule has 1 atom stereocenters. The molecular weight excluding hydrogens is 264 g/mol. The predicted octanol–water partition coefficient (Wildman–Crippen LogP) is 0.897. The van der Waals surface area contributed by atoms with Gasteiger partial charge in [-0.25, -0.2) is 0 Å². The quantitative estimate of drug-likeness (QED) is 0.614. The standard InChI is InChI=1S/C12H14N4O4/c1-12(17,7-13)6-10-14-11(15-20-10)8-3-2-4-9(5-8)16(18)19/h2-5,17H,6-7,13H2,1H3. The average molecular weight is 278 g/mol. The van der Waals surface area contributed by atoms with Crippen LogP contribution in [-0.4, -0.2) is 32.3 Å². The van der Waals surface area contributed by atoms with E-state index in [0.29, 0.717) is 5.56 Å². The first kappa shape index (κ1) is 14.1. The summed E-state index contributed by atoms with van der Waals surface area (Å²) in [6.45, 7) is 1.62. The Kier molecular flexibility index (Phi) is 3.77. The molecule has 0 amide bonds. The Morgan fingerprint density at radius 2 is 2.30 bits per heavy atom. The van der Waals surface area contributed by atoms with Gasteiger partial charge in [0, 0.05) is 24.2 Å². The second-order valence-electron chi connectivity index (χ2n) is 4.70. The van der Waals surface area contributed by atoms with Crippen LogP contribution in [0.15, 0.2) is 28.8 Å². The topological polar surface area (TPSA) is 128 Å². The third kappa shape index (κ3) is 3.16. The van der Waals surface area contributed by atoms with Crippen molar-refractivity contribution in [2.24, 2.45) is 5.73 Å². The van der Waals surface area contributed by atoms with E-state index in [0.717, 1.165) is 0 Å². The van der Waals surface area contributed by atoms with Crippen LogP contribution < -0.4 is 5.73 Å². The summed E-state index contributed by atoms with van der Waals surface area (Å²) in [5.41, 5.74) is 4.70. The highest BCUT2D eigenvalue weighted by Crippen LogP contribution is 2.22.